The zero-order valence-corrected chi connectivity index (χ0v) is 13.1. The fraction of sp³-hybridized carbons (Fsp3) is 0.750. The predicted octanol–water partition coefficient (Wildman–Crippen LogP) is 0.248. The molecule has 1 heterocycles. The van der Waals surface area contributed by atoms with Gasteiger partial charge in [-0.2, -0.15) is 0 Å². The van der Waals surface area contributed by atoms with Gasteiger partial charge in [-0.1, -0.05) is 17.7 Å². The summed E-state index contributed by atoms with van der Waals surface area (Å²) in [4.78, 5) is 0. The lowest BCUT2D eigenvalue weighted by Crippen LogP contribution is -2.59. The van der Waals surface area contributed by atoms with Crippen molar-refractivity contribution in [3.05, 3.63) is 23.3 Å². The maximum atomic E-state index is 10.1. The number of rotatable bonds is 3. The minimum absolute atomic E-state index is 0.271. The maximum Gasteiger partial charge on any atom is 0.187 e. The molecular formula is C16H26O6. The summed E-state index contributed by atoms with van der Waals surface area (Å²) in [6, 6.07) is 0. The summed E-state index contributed by atoms with van der Waals surface area (Å²) in [5.74, 6) is 0. The summed E-state index contributed by atoms with van der Waals surface area (Å²) in [6.07, 6.45) is -4.08. The van der Waals surface area contributed by atoms with Gasteiger partial charge in [0.25, 0.3) is 0 Å². The van der Waals surface area contributed by atoms with Crippen LogP contribution in [0.25, 0.3) is 0 Å². The molecule has 22 heavy (non-hydrogen) atoms. The summed E-state index contributed by atoms with van der Waals surface area (Å²) in [5, 5.41) is 38.9. The van der Waals surface area contributed by atoms with E-state index in [-0.39, 0.29) is 6.10 Å². The summed E-state index contributed by atoms with van der Waals surface area (Å²) < 4.78 is 11.3. The molecule has 2 aliphatic rings. The Labute approximate surface area is 130 Å². The average Bonchev–Trinajstić information content (AvgIpc) is 2.47. The van der Waals surface area contributed by atoms with Gasteiger partial charge in [-0.25, -0.2) is 0 Å². The van der Waals surface area contributed by atoms with Crippen molar-refractivity contribution in [3.8, 4) is 0 Å². The fourth-order valence-corrected chi connectivity index (χ4v) is 3.00. The van der Waals surface area contributed by atoms with E-state index in [0.717, 1.165) is 29.6 Å². The second-order valence-corrected chi connectivity index (χ2v) is 6.30. The Morgan fingerprint density at radius 2 is 1.86 bits per heavy atom. The van der Waals surface area contributed by atoms with Gasteiger partial charge in [0.05, 0.1) is 12.7 Å². The zero-order chi connectivity index (χ0) is 16.4. The van der Waals surface area contributed by atoms with Gasteiger partial charge in [-0.3, -0.25) is 0 Å². The molecular weight excluding hydrogens is 288 g/mol. The van der Waals surface area contributed by atoms with E-state index in [4.69, 9.17) is 9.47 Å². The van der Waals surface area contributed by atoms with Crippen LogP contribution in [0.5, 0.6) is 0 Å². The smallest absolute Gasteiger partial charge is 0.187 e. The normalized spacial score (nSPS) is 39.9. The highest BCUT2D eigenvalue weighted by molar-refractivity contribution is 5.23. The molecule has 0 bridgehead atoms. The van der Waals surface area contributed by atoms with Gasteiger partial charge in [0.15, 0.2) is 6.29 Å². The molecule has 1 aliphatic heterocycles. The van der Waals surface area contributed by atoms with Crippen LogP contribution in [0.15, 0.2) is 23.3 Å². The van der Waals surface area contributed by atoms with E-state index in [1.54, 1.807) is 0 Å². The second kappa shape index (κ2) is 7.21. The Morgan fingerprint density at radius 3 is 2.45 bits per heavy atom. The van der Waals surface area contributed by atoms with Crippen molar-refractivity contribution in [1.29, 1.82) is 0 Å². The lowest BCUT2D eigenvalue weighted by atomic mass is 9.86. The first kappa shape index (κ1) is 17.6. The quantitative estimate of drug-likeness (QED) is 0.557. The number of allylic oxidation sites excluding steroid dienone is 1. The van der Waals surface area contributed by atoms with E-state index >= 15 is 0 Å². The molecule has 0 unspecified atom stereocenters. The van der Waals surface area contributed by atoms with Gasteiger partial charge >= 0.3 is 0 Å². The van der Waals surface area contributed by atoms with Crippen LogP contribution in [0.4, 0.5) is 0 Å². The number of aliphatic hydroxyl groups excluding tert-OH is 4. The molecule has 2 fully saturated rings. The fourth-order valence-electron chi connectivity index (χ4n) is 3.00. The molecule has 0 aromatic heterocycles. The molecule has 1 saturated heterocycles. The molecule has 1 aliphatic carbocycles. The standard InChI is InChI=1S/C16H26O6/c1-8(2)10-5-4-9(3)6-11(10)21-16-15(20)14(19)13(18)12(7-17)22-16/h11-20H,3-7H2,1-2H3/t11-,12-,13-,14+,15-,16-/m1/s1. The summed E-state index contributed by atoms with van der Waals surface area (Å²) in [6.45, 7) is 7.55. The summed E-state index contributed by atoms with van der Waals surface area (Å²) in [5.41, 5.74) is 3.37. The highest BCUT2D eigenvalue weighted by Gasteiger charge is 2.45. The maximum absolute atomic E-state index is 10.1. The monoisotopic (exact) mass is 314 g/mol. The third-order valence-corrected chi connectivity index (χ3v) is 4.40. The van der Waals surface area contributed by atoms with Gasteiger partial charge in [0.2, 0.25) is 0 Å². The highest BCUT2D eigenvalue weighted by atomic mass is 16.7. The van der Waals surface area contributed by atoms with Crippen LogP contribution in [-0.2, 0) is 9.47 Å². The molecule has 6 atom stereocenters. The summed E-state index contributed by atoms with van der Waals surface area (Å²) in [7, 11) is 0. The number of ether oxygens (including phenoxy) is 2. The van der Waals surface area contributed by atoms with E-state index in [1.165, 1.54) is 0 Å². The number of aliphatic hydroxyl groups is 4. The van der Waals surface area contributed by atoms with Gasteiger partial charge in [-0.05, 0) is 38.7 Å². The van der Waals surface area contributed by atoms with Crippen molar-refractivity contribution < 1.29 is 29.9 Å². The van der Waals surface area contributed by atoms with Crippen LogP contribution in [0.2, 0.25) is 0 Å². The lowest BCUT2D eigenvalue weighted by molar-refractivity contribution is -0.308. The molecule has 0 aromatic rings. The molecule has 2 rings (SSSR count). The van der Waals surface area contributed by atoms with Crippen molar-refractivity contribution in [2.45, 2.75) is 69.9 Å². The van der Waals surface area contributed by atoms with E-state index in [2.05, 4.69) is 6.58 Å². The Balaban J connectivity index is 2.13. The second-order valence-electron chi connectivity index (χ2n) is 6.30. The molecule has 0 radical (unpaired) electrons. The van der Waals surface area contributed by atoms with Crippen molar-refractivity contribution in [3.63, 3.8) is 0 Å². The largest absolute Gasteiger partial charge is 0.394 e. The van der Waals surface area contributed by atoms with E-state index < -0.39 is 37.3 Å². The van der Waals surface area contributed by atoms with Crippen LogP contribution >= 0.6 is 0 Å². The lowest BCUT2D eigenvalue weighted by Gasteiger charge is -2.42. The van der Waals surface area contributed by atoms with E-state index in [1.807, 2.05) is 13.8 Å². The molecule has 6 nitrogen and oxygen atoms in total. The third-order valence-electron chi connectivity index (χ3n) is 4.40. The molecule has 0 aromatic carbocycles. The SMILES string of the molecule is C=C1CCC(=C(C)C)[C@H](O[C@@H]2O[C@H](CO)[C@@H](O)[C@H](O)[C@H]2O)C1. The van der Waals surface area contributed by atoms with Crippen molar-refractivity contribution in [2.24, 2.45) is 0 Å². The molecule has 126 valence electrons. The zero-order valence-electron chi connectivity index (χ0n) is 13.1. The van der Waals surface area contributed by atoms with Crippen molar-refractivity contribution >= 4 is 0 Å². The first-order valence-electron chi connectivity index (χ1n) is 7.64. The first-order chi connectivity index (χ1) is 10.3. The van der Waals surface area contributed by atoms with E-state index in [9.17, 15) is 20.4 Å². The molecule has 0 amide bonds. The third kappa shape index (κ3) is 3.59. The molecule has 1 saturated carbocycles. The van der Waals surface area contributed by atoms with Crippen LogP contribution < -0.4 is 0 Å². The Morgan fingerprint density at radius 1 is 1.18 bits per heavy atom. The summed E-state index contributed by atoms with van der Waals surface area (Å²) >= 11 is 0. The minimum atomic E-state index is -1.42. The van der Waals surface area contributed by atoms with Crippen LogP contribution in [0.3, 0.4) is 0 Å². The van der Waals surface area contributed by atoms with Crippen molar-refractivity contribution in [1.82, 2.24) is 0 Å². The Bertz CT molecular complexity index is 440. The van der Waals surface area contributed by atoms with Crippen LogP contribution in [0.1, 0.15) is 33.1 Å². The molecule has 6 heteroatoms. The Hall–Kier alpha value is -0.760. The highest BCUT2D eigenvalue weighted by Crippen LogP contribution is 2.34. The first-order valence-corrected chi connectivity index (χ1v) is 7.64. The van der Waals surface area contributed by atoms with Gasteiger partial charge in [0.1, 0.15) is 24.4 Å². The van der Waals surface area contributed by atoms with E-state index in [0.29, 0.717) is 6.42 Å². The minimum Gasteiger partial charge on any atom is -0.394 e. The Kier molecular flexibility index (Phi) is 5.76. The van der Waals surface area contributed by atoms with Gasteiger partial charge in [-0.15, -0.1) is 0 Å². The van der Waals surface area contributed by atoms with Gasteiger partial charge in [0, 0.05) is 0 Å². The predicted molar refractivity (Wildman–Crippen MR) is 80.0 cm³/mol. The average molecular weight is 314 g/mol. The number of hydrogen-bond acceptors (Lipinski definition) is 6. The number of hydrogen-bond donors (Lipinski definition) is 4. The molecule has 4 N–H and O–H groups in total. The molecule has 0 spiro atoms. The van der Waals surface area contributed by atoms with Gasteiger partial charge < -0.3 is 29.9 Å². The topological polar surface area (TPSA) is 99.4 Å². The van der Waals surface area contributed by atoms with Crippen LogP contribution in [0, 0.1) is 0 Å². The van der Waals surface area contributed by atoms with Crippen molar-refractivity contribution in [2.75, 3.05) is 6.61 Å². The van der Waals surface area contributed by atoms with Crippen LogP contribution in [-0.4, -0.2) is 63.8 Å².